The fraction of sp³-hybridized carbons (Fsp3) is 1.00. The van der Waals surface area contributed by atoms with Crippen LogP contribution in [0.5, 0.6) is 0 Å². The highest BCUT2D eigenvalue weighted by atomic mass is 32.1. The number of rotatable bonds is 8. The van der Waals surface area contributed by atoms with Crippen molar-refractivity contribution in [1.29, 1.82) is 0 Å². The zero-order chi connectivity index (χ0) is 9.23. The van der Waals surface area contributed by atoms with E-state index < -0.39 is 0 Å². The summed E-state index contributed by atoms with van der Waals surface area (Å²) in [5, 5.41) is 0.670. The van der Waals surface area contributed by atoms with Gasteiger partial charge in [-0.2, -0.15) is 12.6 Å². The summed E-state index contributed by atoms with van der Waals surface area (Å²) in [5.74, 6) is 0. The second-order valence-corrected chi connectivity index (χ2v) is 4.38. The van der Waals surface area contributed by atoms with Crippen LogP contribution in [0.3, 0.4) is 0 Å². The van der Waals surface area contributed by atoms with Crippen LogP contribution in [0.25, 0.3) is 0 Å². The number of thiol groups is 1. The Morgan fingerprint density at radius 2 is 1.25 bits per heavy atom. The number of unbranched alkanes of at least 4 members (excludes halogenated alkanes) is 4. The van der Waals surface area contributed by atoms with Gasteiger partial charge in [0.1, 0.15) is 0 Å². The molecule has 0 aromatic heterocycles. The van der Waals surface area contributed by atoms with E-state index in [2.05, 4.69) is 26.5 Å². The van der Waals surface area contributed by atoms with Gasteiger partial charge in [-0.3, -0.25) is 0 Å². The third-order valence-corrected chi connectivity index (χ3v) is 2.80. The molecule has 0 heterocycles. The van der Waals surface area contributed by atoms with Gasteiger partial charge in [0.05, 0.1) is 0 Å². The Labute approximate surface area is 83.5 Å². The van der Waals surface area contributed by atoms with E-state index in [9.17, 15) is 0 Å². The van der Waals surface area contributed by atoms with E-state index in [1.165, 1.54) is 51.4 Å². The third-order valence-electron chi connectivity index (χ3n) is 2.28. The second kappa shape index (κ2) is 9.44. The van der Waals surface area contributed by atoms with E-state index in [-0.39, 0.29) is 0 Å². The van der Waals surface area contributed by atoms with E-state index in [0.717, 1.165) is 0 Å². The van der Waals surface area contributed by atoms with Crippen molar-refractivity contribution < 1.29 is 0 Å². The molecule has 0 unspecified atom stereocenters. The van der Waals surface area contributed by atoms with E-state index >= 15 is 0 Å². The van der Waals surface area contributed by atoms with Crippen LogP contribution < -0.4 is 0 Å². The van der Waals surface area contributed by atoms with Gasteiger partial charge in [0, 0.05) is 5.25 Å². The fourth-order valence-corrected chi connectivity index (χ4v) is 1.77. The molecule has 0 rings (SSSR count). The Morgan fingerprint density at radius 1 is 0.833 bits per heavy atom. The van der Waals surface area contributed by atoms with Gasteiger partial charge < -0.3 is 0 Å². The first kappa shape index (κ1) is 12.3. The fourth-order valence-electron chi connectivity index (χ4n) is 1.40. The van der Waals surface area contributed by atoms with Crippen molar-refractivity contribution in [2.45, 2.75) is 70.5 Å². The van der Waals surface area contributed by atoms with E-state index in [4.69, 9.17) is 0 Å². The van der Waals surface area contributed by atoms with Crippen molar-refractivity contribution in [1.82, 2.24) is 0 Å². The average Bonchev–Trinajstić information content (AvgIpc) is 2.06. The average molecular weight is 188 g/mol. The molecule has 0 spiro atoms. The molecule has 12 heavy (non-hydrogen) atoms. The lowest BCUT2D eigenvalue weighted by Crippen LogP contribution is -1.98. The Bertz CT molecular complexity index is 71.1. The number of hydrogen-bond donors (Lipinski definition) is 1. The van der Waals surface area contributed by atoms with Crippen LogP contribution in [0.4, 0.5) is 0 Å². The molecule has 0 atom stereocenters. The first-order valence-electron chi connectivity index (χ1n) is 5.49. The van der Waals surface area contributed by atoms with Crippen LogP contribution in [-0.2, 0) is 0 Å². The summed E-state index contributed by atoms with van der Waals surface area (Å²) in [6, 6.07) is 0. The standard InChI is InChI=1S/C11H24S/c1-3-5-7-9-11(12)10-8-6-4-2/h11-12H,3-10H2,1-2H3. The first-order chi connectivity index (χ1) is 5.81. The Kier molecular flexibility index (Phi) is 9.71. The van der Waals surface area contributed by atoms with Crippen LogP contribution in [0, 0.1) is 0 Å². The SMILES string of the molecule is CCCCCC(S)CCCCC. The summed E-state index contributed by atoms with van der Waals surface area (Å²) in [4.78, 5) is 0. The molecule has 0 fully saturated rings. The van der Waals surface area contributed by atoms with E-state index in [1.807, 2.05) is 0 Å². The molecule has 0 aliphatic rings. The quantitative estimate of drug-likeness (QED) is 0.422. The monoisotopic (exact) mass is 188 g/mol. The highest BCUT2D eigenvalue weighted by molar-refractivity contribution is 7.80. The lowest BCUT2D eigenvalue weighted by Gasteiger charge is -2.08. The van der Waals surface area contributed by atoms with Crippen molar-refractivity contribution in [3.8, 4) is 0 Å². The summed E-state index contributed by atoms with van der Waals surface area (Å²) in [5.41, 5.74) is 0. The molecule has 0 aromatic rings. The normalized spacial score (nSPS) is 11.0. The van der Waals surface area contributed by atoms with Gasteiger partial charge in [-0.1, -0.05) is 52.4 Å². The van der Waals surface area contributed by atoms with Gasteiger partial charge in [-0.15, -0.1) is 0 Å². The molecule has 1 heteroatoms. The van der Waals surface area contributed by atoms with Crippen molar-refractivity contribution in [2.75, 3.05) is 0 Å². The van der Waals surface area contributed by atoms with Gasteiger partial charge in [0.25, 0.3) is 0 Å². The van der Waals surface area contributed by atoms with Crippen LogP contribution in [0.2, 0.25) is 0 Å². The molecule has 0 aromatic carbocycles. The molecule has 0 saturated heterocycles. The smallest absolute Gasteiger partial charge is 0.00168 e. The summed E-state index contributed by atoms with van der Waals surface area (Å²) >= 11 is 4.58. The molecule has 0 aliphatic heterocycles. The molecule has 0 bridgehead atoms. The highest BCUT2D eigenvalue weighted by Gasteiger charge is 2.01. The largest absolute Gasteiger partial charge is 0.176 e. The predicted molar refractivity (Wildman–Crippen MR) is 61.1 cm³/mol. The molecule has 0 amide bonds. The Morgan fingerprint density at radius 3 is 1.58 bits per heavy atom. The molecular formula is C11H24S. The van der Waals surface area contributed by atoms with Gasteiger partial charge in [0.15, 0.2) is 0 Å². The zero-order valence-corrected chi connectivity index (χ0v) is 9.58. The van der Waals surface area contributed by atoms with E-state index in [1.54, 1.807) is 0 Å². The zero-order valence-electron chi connectivity index (χ0n) is 8.68. The van der Waals surface area contributed by atoms with Gasteiger partial charge in [0.2, 0.25) is 0 Å². The van der Waals surface area contributed by atoms with Crippen LogP contribution in [-0.4, -0.2) is 5.25 Å². The third kappa shape index (κ3) is 8.45. The maximum absolute atomic E-state index is 4.58. The van der Waals surface area contributed by atoms with Crippen molar-refractivity contribution in [2.24, 2.45) is 0 Å². The summed E-state index contributed by atoms with van der Waals surface area (Å²) < 4.78 is 0. The minimum atomic E-state index is 0.670. The maximum atomic E-state index is 4.58. The highest BCUT2D eigenvalue weighted by Crippen LogP contribution is 2.15. The topological polar surface area (TPSA) is 0 Å². The Hall–Kier alpha value is 0.350. The molecule has 0 aliphatic carbocycles. The molecule has 0 radical (unpaired) electrons. The minimum absolute atomic E-state index is 0.670. The van der Waals surface area contributed by atoms with Crippen LogP contribution in [0.15, 0.2) is 0 Å². The molecular weight excluding hydrogens is 164 g/mol. The van der Waals surface area contributed by atoms with Gasteiger partial charge in [-0.05, 0) is 12.8 Å². The van der Waals surface area contributed by atoms with Gasteiger partial charge in [-0.25, -0.2) is 0 Å². The predicted octanol–water partition coefficient (Wildman–Crippen LogP) is 4.45. The van der Waals surface area contributed by atoms with Crippen molar-refractivity contribution >= 4 is 12.6 Å². The molecule has 0 nitrogen and oxygen atoms in total. The molecule has 0 saturated carbocycles. The second-order valence-electron chi connectivity index (χ2n) is 3.65. The van der Waals surface area contributed by atoms with Crippen LogP contribution >= 0.6 is 12.6 Å². The minimum Gasteiger partial charge on any atom is -0.176 e. The lowest BCUT2D eigenvalue weighted by atomic mass is 10.1. The van der Waals surface area contributed by atoms with Gasteiger partial charge >= 0.3 is 0 Å². The van der Waals surface area contributed by atoms with Crippen molar-refractivity contribution in [3.05, 3.63) is 0 Å². The molecule has 74 valence electrons. The summed E-state index contributed by atoms with van der Waals surface area (Å²) in [6.45, 7) is 4.51. The maximum Gasteiger partial charge on any atom is 0.00168 e. The van der Waals surface area contributed by atoms with Crippen LogP contribution in [0.1, 0.15) is 65.2 Å². The Balaban J connectivity index is 3.04. The molecule has 0 N–H and O–H groups in total. The number of hydrogen-bond acceptors (Lipinski definition) is 1. The summed E-state index contributed by atoms with van der Waals surface area (Å²) in [7, 11) is 0. The first-order valence-corrected chi connectivity index (χ1v) is 6.01. The van der Waals surface area contributed by atoms with E-state index in [0.29, 0.717) is 5.25 Å². The van der Waals surface area contributed by atoms with Crippen molar-refractivity contribution in [3.63, 3.8) is 0 Å². The lowest BCUT2D eigenvalue weighted by molar-refractivity contribution is 0.586. The summed E-state index contributed by atoms with van der Waals surface area (Å²) in [6.07, 6.45) is 10.8.